The summed E-state index contributed by atoms with van der Waals surface area (Å²) in [5, 5.41) is 11.6. The number of amides is 2. The van der Waals surface area contributed by atoms with E-state index in [1.807, 2.05) is 24.3 Å². The highest BCUT2D eigenvalue weighted by Gasteiger charge is 2.21. The third-order valence-electron chi connectivity index (χ3n) is 4.69. The molecule has 3 rings (SSSR count). The van der Waals surface area contributed by atoms with Crippen molar-refractivity contribution in [2.75, 3.05) is 26.2 Å². The first-order valence-corrected chi connectivity index (χ1v) is 10.9. The second-order valence-electron chi connectivity index (χ2n) is 6.68. The van der Waals surface area contributed by atoms with Crippen molar-refractivity contribution >= 4 is 51.3 Å². The third-order valence-corrected chi connectivity index (χ3v) is 6.79. The molecular formula is C21H20BrN3O4S. The van der Waals surface area contributed by atoms with Gasteiger partial charge in [0.05, 0.1) is 9.82 Å². The molecule has 2 aromatic rings. The van der Waals surface area contributed by atoms with Gasteiger partial charge in [-0.3, -0.25) is 19.7 Å². The lowest BCUT2D eigenvalue weighted by atomic mass is 10.2. The van der Waals surface area contributed by atoms with E-state index < -0.39 is 4.92 Å². The SMILES string of the molecule is CC(=O)N1CCN(C(=O)/C=C/c2ccc(Sc3ccccc3Br)c([N+](=O)[O-])c2)CC1. The molecule has 30 heavy (non-hydrogen) atoms. The molecule has 7 nitrogen and oxygen atoms in total. The van der Waals surface area contributed by atoms with Gasteiger partial charge in [0.1, 0.15) is 0 Å². The topological polar surface area (TPSA) is 83.8 Å². The monoisotopic (exact) mass is 489 g/mol. The quantitative estimate of drug-likeness (QED) is 0.356. The maximum absolute atomic E-state index is 12.4. The van der Waals surface area contributed by atoms with Crippen LogP contribution in [0.3, 0.4) is 0 Å². The van der Waals surface area contributed by atoms with Gasteiger partial charge in [-0.1, -0.05) is 30.0 Å². The fraction of sp³-hybridized carbons (Fsp3) is 0.238. The number of nitro groups is 1. The number of carbonyl (C=O) groups is 2. The van der Waals surface area contributed by atoms with E-state index in [2.05, 4.69) is 15.9 Å². The minimum Gasteiger partial charge on any atom is -0.339 e. The van der Waals surface area contributed by atoms with E-state index in [1.165, 1.54) is 30.8 Å². The largest absolute Gasteiger partial charge is 0.339 e. The number of nitrogens with zero attached hydrogens (tertiary/aromatic N) is 3. The number of rotatable bonds is 5. The normalized spacial score (nSPS) is 14.2. The van der Waals surface area contributed by atoms with Gasteiger partial charge >= 0.3 is 0 Å². The second kappa shape index (κ2) is 9.90. The third kappa shape index (κ3) is 5.48. The number of benzene rings is 2. The smallest absolute Gasteiger partial charge is 0.283 e. The Balaban J connectivity index is 1.71. The van der Waals surface area contributed by atoms with Crippen LogP contribution in [0.25, 0.3) is 6.08 Å². The highest BCUT2D eigenvalue weighted by atomic mass is 79.9. The van der Waals surface area contributed by atoms with Gasteiger partial charge in [0.2, 0.25) is 11.8 Å². The van der Waals surface area contributed by atoms with Crippen molar-refractivity contribution in [2.24, 2.45) is 0 Å². The van der Waals surface area contributed by atoms with Crippen molar-refractivity contribution in [3.63, 3.8) is 0 Å². The summed E-state index contributed by atoms with van der Waals surface area (Å²) in [7, 11) is 0. The van der Waals surface area contributed by atoms with Crippen molar-refractivity contribution in [2.45, 2.75) is 16.7 Å². The maximum atomic E-state index is 12.4. The highest BCUT2D eigenvalue weighted by molar-refractivity contribution is 9.10. The highest BCUT2D eigenvalue weighted by Crippen LogP contribution is 2.38. The average Bonchev–Trinajstić information content (AvgIpc) is 2.74. The lowest BCUT2D eigenvalue weighted by Gasteiger charge is -2.33. The molecule has 1 saturated heterocycles. The van der Waals surface area contributed by atoms with E-state index in [4.69, 9.17) is 0 Å². The van der Waals surface area contributed by atoms with Crippen LogP contribution in [0.5, 0.6) is 0 Å². The molecule has 0 bridgehead atoms. The Labute approximate surface area is 187 Å². The Kier molecular flexibility index (Phi) is 7.28. The zero-order chi connectivity index (χ0) is 21.7. The molecule has 156 valence electrons. The van der Waals surface area contributed by atoms with Gasteiger partial charge in [-0.15, -0.1) is 0 Å². The summed E-state index contributed by atoms with van der Waals surface area (Å²) in [6.07, 6.45) is 3.00. The van der Waals surface area contributed by atoms with Crippen LogP contribution in [0.4, 0.5) is 5.69 Å². The number of hydrogen-bond acceptors (Lipinski definition) is 5. The van der Waals surface area contributed by atoms with E-state index >= 15 is 0 Å². The summed E-state index contributed by atoms with van der Waals surface area (Å²) < 4.78 is 0.865. The van der Waals surface area contributed by atoms with Gasteiger partial charge in [-0.25, -0.2) is 0 Å². The van der Waals surface area contributed by atoms with Gasteiger partial charge in [-0.05, 0) is 45.8 Å². The molecule has 1 aliphatic heterocycles. The van der Waals surface area contributed by atoms with Crippen LogP contribution in [0, 0.1) is 10.1 Å². The van der Waals surface area contributed by atoms with Crippen molar-refractivity contribution in [3.05, 3.63) is 68.7 Å². The van der Waals surface area contributed by atoms with Crippen molar-refractivity contribution in [3.8, 4) is 0 Å². The predicted octanol–water partition coefficient (Wildman–Crippen LogP) is 4.21. The standard InChI is InChI=1S/C21H20BrN3O4S/c1-15(26)23-10-12-24(13-11-23)21(27)9-7-16-6-8-20(18(14-16)25(28)29)30-19-5-3-2-4-17(19)22/h2-9,14H,10-13H2,1H3/b9-7+. The lowest BCUT2D eigenvalue weighted by Crippen LogP contribution is -2.49. The van der Waals surface area contributed by atoms with E-state index in [0.717, 1.165) is 9.37 Å². The van der Waals surface area contributed by atoms with Crippen LogP contribution in [-0.2, 0) is 9.59 Å². The molecule has 0 spiro atoms. The number of carbonyl (C=O) groups excluding carboxylic acids is 2. The molecule has 0 unspecified atom stereocenters. The molecule has 9 heteroatoms. The van der Waals surface area contributed by atoms with Crippen LogP contribution >= 0.6 is 27.7 Å². The maximum Gasteiger partial charge on any atom is 0.283 e. The molecule has 1 heterocycles. The van der Waals surface area contributed by atoms with Crippen molar-refractivity contribution in [1.29, 1.82) is 0 Å². The zero-order valence-electron chi connectivity index (χ0n) is 16.3. The summed E-state index contributed by atoms with van der Waals surface area (Å²) in [4.78, 5) is 39.7. The number of piperazine rings is 1. The van der Waals surface area contributed by atoms with Gasteiger partial charge < -0.3 is 9.80 Å². The number of hydrogen-bond donors (Lipinski definition) is 0. The molecule has 0 aliphatic carbocycles. The fourth-order valence-corrected chi connectivity index (χ4v) is 4.48. The number of nitro benzene ring substituents is 1. The average molecular weight is 490 g/mol. The Morgan fingerprint density at radius 2 is 1.73 bits per heavy atom. The van der Waals surface area contributed by atoms with Crippen LogP contribution < -0.4 is 0 Å². The first-order valence-electron chi connectivity index (χ1n) is 9.28. The van der Waals surface area contributed by atoms with Crippen LogP contribution in [0.2, 0.25) is 0 Å². The first-order chi connectivity index (χ1) is 14.3. The summed E-state index contributed by atoms with van der Waals surface area (Å²) in [5.41, 5.74) is 0.564. The summed E-state index contributed by atoms with van der Waals surface area (Å²) in [6, 6.07) is 12.4. The van der Waals surface area contributed by atoms with Crippen LogP contribution in [0.15, 0.2) is 62.8 Å². The number of halogens is 1. The van der Waals surface area contributed by atoms with Crippen molar-refractivity contribution < 1.29 is 14.5 Å². The molecule has 0 saturated carbocycles. The van der Waals surface area contributed by atoms with Crippen molar-refractivity contribution in [1.82, 2.24) is 9.80 Å². The minimum absolute atomic E-state index is 0.00504. The molecule has 1 fully saturated rings. The van der Waals surface area contributed by atoms with Crippen LogP contribution in [0.1, 0.15) is 12.5 Å². The first kappa shape index (κ1) is 22.0. The molecule has 2 amide bonds. The summed E-state index contributed by atoms with van der Waals surface area (Å²) in [6.45, 7) is 3.50. The van der Waals surface area contributed by atoms with Gasteiger partial charge in [0.25, 0.3) is 5.69 Å². The Hall–Kier alpha value is -2.65. The van der Waals surface area contributed by atoms with Crippen LogP contribution in [-0.4, -0.2) is 52.7 Å². The Morgan fingerprint density at radius 3 is 2.37 bits per heavy atom. The van der Waals surface area contributed by atoms with E-state index in [1.54, 1.807) is 28.0 Å². The van der Waals surface area contributed by atoms with E-state index in [0.29, 0.717) is 36.6 Å². The Morgan fingerprint density at radius 1 is 1.07 bits per heavy atom. The molecule has 0 N–H and O–H groups in total. The Bertz CT molecular complexity index is 1000. The molecule has 0 atom stereocenters. The predicted molar refractivity (Wildman–Crippen MR) is 119 cm³/mol. The summed E-state index contributed by atoms with van der Waals surface area (Å²) in [5.74, 6) is -0.169. The van der Waals surface area contributed by atoms with Gasteiger partial charge in [0, 0.05) is 54.6 Å². The second-order valence-corrected chi connectivity index (χ2v) is 8.62. The molecule has 0 radical (unpaired) electrons. The zero-order valence-corrected chi connectivity index (χ0v) is 18.7. The molecule has 1 aliphatic rings. The minimum atomic E-state index is -0.417. The lowest BCUT2D eigenvalue weighted by molar-refractivity contribution is -0.387. The summed E-state index contributed by atoms with van der Waals surface area (Å²) >= 11 is 4.76. The van der Waals surface area contributed by atoms with Gasteiger partial charge in [-0.2, -0.15) is 0 Å². The van der Waals surface area contributed by atoms with E-state index in [-0.39, 0.29) is 17.5 Å². The van der Waals surface area contributed by atoms with E-state index in [9.17, 15) is 19.7 Å². The van der Waals surface area contributed by atoms with Gasteiger partial charge in [0.15, 0.2) is 0 Å². The molecule has 0 aromatic heterocycles. The molecular weight excluding hydrogens is 470 g/mol. The fourth-order valence-electron chi connectivity index (χ4n) is 3.03. The molecule has 2 aromatic carbocycles.